The molecule has 0 bridgehead atoms. The Kier molecular flexibility index (Phi) is 36.6. The lowest BCUT2D eigenvalue weighted by Crippen LogP contribution is -2.62. The van der Waals surface area contributed by atoms with E-state index in [9.17, 15) is 39.6 Å². The molecule has 36 atom stereocenters. The summed E-state index contributed by atoms with van der Waals surface area (Å²) in [5.74, 6) is -8.17. The predicted molar refractivity (Wildman–Crippen MR) is 508 cm³/mol. The fourth-order valence-electron chi connectivity index (χ4n) is 22.8. The number of para-hydroxylation sites is 1. The Morgan fingerprint density at radius 1 is 0.485 bits per heavy atom. The van der Waals surface area contributed by atoms with Crippen LogP contribution in [0.15, 0.2) is 97.2 Å². The second kappa shape index (κ2) is 45.5. The first-order chi connectivity index (χ1) is 64.0. The molecule has 8 aliphatic rings. The van der Waals surface area contributed by atoms with Gasteiger partial charge in [-0.1, -0.05) is 146 Å². The van der Waals surface area contributed by atoms with Crippen LogP contribution < -0.4 is 10.9 Å². The van der Waals surface area contributed by atoms with Crippen LogP contribution in [0.2, 0.25) is 0 Å². The Labute approximate surface area is 804 Å². The van der Waals surface area contributed by atoms with E-state index in [2.05, 4.69) is 39.8 Å². The van der Waals surface area contributed by atoms with Gasteiger partial charge in [-0.25, -0.2) is 30.5 Å². The first-order valence-corrected chi connectivity index (χ1v) is 48.9. The van der Waals surface area contributed by atoms with Crippen molar-refractivity contribution < 1.29 is 125 Å². The van der Waals surface area contributed by atoms with Crippen molar-refractivity contribution in [2.45, 2.75) is 371 Å². The molecule has 12 rings (SSSR count). The van der Waals surface area contributed by atoms with E-state index in [1.54, 1.807) is 83.5 Å². The number of nitrogens with zero attached hydrogens (tertiary/aromatic N) is 5. The van der Waals surface area contributed by atoms with Crippen LogP contribution in [0, 0.1) is 47.3 Å². The number of carbonyl (C=O) groups excluding carboxylic acids is 6. The van der Waals surface area contributed by atoms with E-state index in [0.29, 0.717) is 19.4 Å². The van der Waals surface area contributed by atoms with E-state index in [1.807, 2.05) is 186 Å². The minimum atomic E-state index is -1.51. The largest absolute Gasteiger partial charge is 0.458 e. The van der Waals surface area contributed by atoms with E-state index < -0.39 is 216 Å². The number of ether oxygens (including phenoxy) is 16. The lowest BCUT2D eigenvalue weighted by Gasteiger charge is -2.50. The molecule has 0 aliphatic carbocycles. The number of Topliss-reactive ketones (excluding diaryl/α,β-unsaturated/α-hetero) is 2. The number of aliphatic hydroxyl groups excluding tert-OH is 4. The number of likely N-dealkylation sites (N-methyl/N-ethyl adjacent to an activating group) is 2. The van der Waals surface area contributed by atoms with E-state index >= 15 is 9.59 Å². The van der Waals surface area contributed by atoms with Crippen molar-refractivity contribution in [3.05, 3.63) is 114 Å². The number of hydrogen-bond donors (Lipinski definition) is 6. The highest BCUT2D eigenvalue weighted by atomic mass is 16.7. The quantitative estimate of drug-likeness (QED) is 0.0265. The Morgan fingerprint density at radius 2 is 0.882 bits per heavy atom. The van der Waals surface area contributed by atoms with Crippen LogP contribution in [-0.4, -0.2) is 312 Å². The van der Waals surface area contributed by atoms with E-state index in [-0.39, 0.29) is 87.5 Å². The van der Waals surface area contributed by atoms with Gasteiger partial charge in [0.25, 0.3) is 0 Å². The average Bonchev–Trinajstić information content (AvgIpc) is 1.58. The number of aliphatic hydroxyl groups is 4. The highest BCUT2D eigenvalue weighted by Gasteiger charge is 2.65. The van der Waals surface area contributed by atoms with Crippen LogP contribution in [0.4, 0.5) is 9.59 Å². The molecule has 33 nitrogen and oxygen atoms in total. The van der Waals surface area contributed by atoms with Gasteiger partial charge < -0.3 is 111 Å². The SMILES string of the molecule is CC[C@H]1OC(=O)[C@H](C)[C@@H](OC2CC(C)(OC)C(O)C(C)O2)[C@H](C)[C@@H](OC2OC(C)CC(N(C)C)C2O)[C@](C)(OC)C[C@@H](C)C(=O)[C@H](C)[C@H]2N(NC/C=C/c3ccccc3)C(=O)O[C@]12C.CC[C@H]1OC(=O)[C@H](C)[C@@H](OC2CC(C)(OC)C(O)C(C)O2)[C@H](C)[C@@H](OC2OC(C)CC(N(C)C)C2O)[C@](C)(OC)C[C@@H](C)C(=O)[C@H](C)[C@H]2N(NCc3cn(Cc4ccccc4)c4ccccc34)C(=O)O[C@]12C. The normalized spacial score (nSPS) is 41.1. The van der Waals surface area contributed by atoms with Gasteiger partial charge in [0.1, 0.15) is 60.3 Å². The zero-order valence-corrected chi connectivity index (χ0v) is 85.4. The number of amides is 2. The molecule has 3 aromatic carbocycles. The van der Waals surface area contributed by atoms with Gasteiger partial charge in [0.2, 0.25) is 0 Å². The number of hydrazine groups is 2. The molecule has 8 saturated heterocycles. The van der Waals surface area contributed by atoms with Gasteiger partial charge in [-0.15, -0.1) is 0 Å². The molecule has 16 unspecified atom stereocenters. The average molecular weight is 1910 g/mol. The summed E-state index contributed by atoms with van der Waals surface area (Å²) < 4.78 is 105. The summed E-state index contributed by atoms with van der Waals surface area (Å²) >= 11 is 0. The summed E-state index contributed by atoms with van der Waals surface area (Å²) in [7, 11) is 13.7. The first-order valence-electron chi connectivity index (χ1n) is 48.9. The van der Waals surface area contributed by atoms with Crippen molar-refractivity contribution in [2.75, 3.05) is 63.2 Å². The van der Waals surface area contributed by atoms with Gasteiger partial charge in [-0.05, 0) is 173 Å². The monoisotopic (exact) mass is 1910 g/mol. The molecule has 2 amide bonds. The smallest absolute Gasteiger partial charge is 0.425 e. The van der Waals surface area contributed by atoms with E-state index in [4.69, 9.17) is 75.8 Å². The molecule has 6 N–H and O–H groups in total. The molecule has 1 aromatic heterocycles. The van der Waals surface area contributed by atoms with Crippen LogP contribution in [0.5, 0.6) is 0 Å². The Bertz CT molecular complexity index is 4650. The number of methoxy groups -OCH3 is 4. The maximum atomic E-state index is 15.3. The second-order valence-corrected chi connectivity index (χ2v) is 41.5. The molecule has 0 saturated carbocycles. The highest BCUT2D eigenvalue weighted by molar-refractivity contribution is 5.87. The Morgan fingerprint density at radius 3 is 1.29 bits per heavy atom. The number of carbonyl (C=O) groups is 6. The van der Waals surface area contributed by atoms with Crippen molar-refractivity contribution >= 4 is 52.7 Å². The molecular weight excluding hydrogens is 1750 g/mol. The number of fused-ring (bicyclic) bond motifs is 3. The van der Waals surface area contributed by atoms with Gasteiger partial charge in [0.05, 0.1) is 83.1 Å². The fraction of sp³-hybridized carbons (Fsp3) is 0.728. The minimum absolute atomic E-state index is 0.118. The maximum Gasteiger partial charge on any atom is 0.425 e. The summed E-state index contributed by atoms with van der Waals surface area (Å²) in [6.07, 6.45) is -9.64. The van der Waals surface area contributed by atoms with E-state index in [0.717, 1.165) is 27.6 Å². The molecule has 33 heteroatoms. The number of cyclic esters (lactones) is 2. The summed E-state index contributed by atoms with van der Waals surface area (Å²) in [5, 5.41) is 49.7. The van der Waals surface area contributed by atoms with Crippen molar-refractivity contribution in [1.82, 2.24) is 35.2 Å². The lowest BCUT2D eigenvalue weighted by molar-refractivity contribution is -0.319. The van der Waals surface area contributed by atoms with Crippen molar-refractivity contribution in [3.63, 3.8) is 0 Å². The minimum Gasteiger partial charge on any atom is -0.458 e. The molecule has 8 aliphatic heterocycles. The Balaban J connectivity index is 0.000000263. The number of nitrogens with one attached hydrogen (secondary N) is 2. The second-order valence-electron chi connectivity index (χ2n) is 41.5. The third-order valence-corrected chi connectivity index (χ3v) is 31.0. The van der Waals surface area contributed by atoms with Crippen LogP contribution in [0.1, 0.15) is 207 Å². The van der Waals surface area contributed by atoms with Crippen LogP contribution in [0.3, 0.4) is 0 Å². The molecule has 9 heterocycles. The van der Waals surface area contributed by atoms with Crippen molar-refractivity contribution in [2.24, 2.45) is 47.3 Å². The third kappa shape index (κ3) is 23.3. The Hall–Kier alpha value is -7.04. The maximum absolute atomic E-state index is 15.3. The lowest BCUT2D eigenvalue weighted by atomic mass is 9.73. The van der Waals surface area contributed by atoms with Crippen LogP contribution in [0.25, 0.3) is 17.0 Å². The standard InChI is InChI=1S/C55H82N4O13.C48H77N3O13/c1-15-42-55(10)47(59(52(64)72-55)56-28-38-30-58(29-37-21-17-16-18-22-37)40-24-20-19-23-39(38)40)33(4)44(60)31(2)26-54(9,66-14)49(71-51-45(61)41(57(11)12)25-32(3)67-51)34(5)46(35(6)50(63)69-42)70-43-27-53(8,65-13)48(62)36(7)68-43;1-15-35-48(10)40(51(45(56)64-48)49-23-19-22-33-20-17-16-18-21-33)29(4)37(52)27(2)25-47(9,58-14)42(63-44-38(53)34(50(11)12)24-28(3)59-44)30(5)39(31(6)43(55)61-35)62-36-26-46(8,57-13)41(54)32(7)60-36/h16-24,30-36,41-43,45-49,51,56,61-62H,15,25-29H2,1-14H3;16-22,27-32,34-36,38-42,44,49,53-54H,15,23-26H2,1-14H3/b;22-19+/t31-,32?,33+,34+,35-,36?,41?,42-,43?,45?,46+,47-,48?,49-,51?,53?,54-,55-;27-,28?,29+,30+,31-,32?,34?,35-,36?,38?,39+,40-,41?,42-,44?,46?,47-,48-/m11/s1. The van der Waals surface area contributed by atoms with Crippen molar-refractivity contribution in [3.8, 4) is 0 Å². The van der Waals surface area contributed by atoms with Crippen LogP contribution >= 0.6 is 0 Å². The summed E-state index contributed by atoms with van der Waals surface area (Å²) in [5.41, 5.74) is 3.02. The third-order valence-electron chi connectivity index (χ3n) is 31.0. The summed E-state index contributed by atoms with van der Waals surface area (Å²) in [6.45, 7) is 37.2. The van der Waals surface area contributed by atoms with E-state index in [1.165, 1.54) is 24.2 Å². The zero-order chi connectivity index (χ0) is 100. The molecule has 0 spiro atoms. The molecule has 0 radical (unpaired) electrons. The predicted octanol–water partition coefficient (Wildman–Crippen LogP) is 11.7. The number of esters is 2. The van der Waals surface area contributed by atoms with Crippen LogP contribution in [-0.2, 0) is 108 Å². The van der Waals surface area contributed by atoms with Gasteiger partial charge >= 0.3 is 24.1 Å². The molecule has 136 heavy (non-hydrogen) atoms. The topological polar surface area (TPSA) is 373 Å². The fourth-order valence-corrected chi connectivity index (χ4v) is 22.8. The molecule has 762 valence electrons. The number of ketones is 2. The molecule has 4 aromatic rings. The highest BCUT2D eigenvalue weighted by Crippen LogP contribution is 2.49. The number of benzene rings is 3. The number of hydrogen-bond acceptors (Lipinski definition) is 30. The van der Waals surface area contributed by atoms with Gasteiger partial charge in [-0.3, -0.25) is 19.2 Å². The van der Waals surface area contributed by atoms with Crippen molar-refractivity contribution in [1.29, 1.82) is 0 Å². The van der Waals surface area contributed by atoms with Gasteiger partial charge in [0, 0.05) is 126 Å². The molecule has 8 fully saturated rings. The summed E-state index contributed by atoms with van der Waals surface area (Å²) in [4.78, 5) is 92.4. The zero-order valence-electron chi connectivity index (χ0n) is 85.4. The van der Waals surface area contributed by atoms with Gasteiger partial charge in [-0.2, -0.15) is 0 Å². The number of rotatable bonds is 25. The van der Waals surface area contributed by atoms with Gasteiger partial charge in [0.15, 0.2) is 36.4 Å². The number of aromatic nitrogens is 1. The summed E-state index contributed by atoms with van der Waals surface area (Å²) in [6, 6.07) is 25.6. The molecular formula is C103H159N7O26. The first kappa shape index (κ1) is 109.